The van der Waals surface area contributed by atoms with Crippen molar-refractivity contribution in [2.24, 2.45) is 0 Å². The molecule has 104 valence electrons. The molecule has 2 N–H and O–H groups in total. The molecular weight excluding hydrogens is 240 g/mol. The summed E-state index contributed by atoms with van der Waals surface area (Å²) >= 11 is 0. The Balaban J connectivity index is 1.76. The van der Waals surface area contributed by atoms with Crippen molar-refractivity contribution >= 4 is 5.91 Å². The molecule has 0 saturated heterocycles. The number of carbonyl (C=O) groups is 1. The Morgan fingerprint density at radius 1 is 1.37 bits per heavy atom. The van der Waals surface area contributed by atoms with E-state index in [9.17, 15) is 4.79 Å². The summed E-state index contributed by atoms with van der Waals surface area (Å²) in [7, 11) is 1.70. The summed E-state index contributed by atoms with van der Waals surface area (Å²) in [5.74, 6) is 0.104. The van der Waals surface area contributed by atoms with Crippen molar-refractivity contribution in [3.63, 3.8) is 0 Å². The maximum absolute atomic E-state index is 12.0. The fourth-order valence-corrected chi connectivity index (χ4v) is 2.35. The molecule has 4 nitrogen and oxygen atoms in total. The van der Waals surface area contributed by atoms with Gasteiger partial charge in [-0.25, -0.2) is 0 Å². The van der Waals surface area contributed by atoms with E-state index in [1.807, 2.05) is 12.1 Å². The van der Waals surface area contributed by atoms with Crippen LogP contribution in [-0.2, 0) is 22.5 Å². The molecule has 1 aromatic carbocycles. The SMILES string of the molecule is COCCCCNC(=O)[C@@H]1Cc2ccccc2CN1. The molecule has 0 radical (unpaired) electrons. The Hall–Kier alpha value is -1.39. The topological polar surface area (TPSA) is 50.4 Å². The molecule has 1 aliphatic heterocycles. The van der Waals surface area contributed by atoms with E-state index in [1.165, 1.54) is 11.1 Å². The molecule has 0 saturated carbocycles. The Kier molecular flexibility index (Phi) is 5.36. The molecule has 1 amide bonds. The summed E-state index contributed by atoms with van der Waals surface area (Å²) in [5.41, 5.74) is 2.58. The van der Waals surface area contributed by atoms with E-state index in [1.54, 1.807) is 7.11 Å². The molecular formula is C15H22N2O2. The highest BCUT2D eigenvalue weighted by Gasteiger charge is 2.23. The fraction of sp³-hybridized carbons (Fsp3) is 0.533. The Labute approximate surface area is 114 Å². The van der Waals surface area contributed by atoms with E-state index in [2.05, 4.69) is 22.8 Å². The normalized spacial score (nSPS) is 17.8. The highest BCUT2D eigenvalue weighted by atomic mass is 16.5. The van der Waals surface area contributed by atoms with E-state index in [-0.39, 0.29) is 11.9 Å². The summed E-state index contributed by atoms with van der Waals surface area (Å²) in [6.45, 7) is 2.25. The van der Waals surface area contributed by atoms with Crippen molar-refractivity contribution in [2.45, 2.75) is 31.8 Å². The van der Waals surface area contributed by atoms with Gasteiger partial charge in [-0.15, -0.1) is 0 Å². The molecule has 0 spiro atoms. The zero-order valence-electron chi connectivity index (χ0n) is 11.4. The molecule has 0 unspecified atom stereocenters. The van der Waals surface area contributed by atoms with Gasteiger partial charge in [0.05, 0.1) is 6.04 Å². The number of hydrogen-bond donors (Lipinski definition) is 2. The van der Waals surface area contributed by atoms with Gasteiger partial charge in [-0.3, -0.25) is 4.79 Å². The van der Waals surface area contributed by atoms with Gasteiger partial charge in [-0.2, -0.15) is 0 Å². The molecule has 1 atom stereocenters. The fourth-order valence-electron chi connectivity index (χ4n) is 2.35. The number of methoxy groups -OCH3 is 1. The summed E-state index contributed by atoms with van der Waals surface area (Å²) in [5, 5.41) is 6.28. The van der Waals surface area contributed by atoms with Gasteiger partial charge >= 0.3 is 0 Å². The molecule has 1 aromatic rings. The zero-order chi connectivity index (χ0) is 13.5. The minimum absolute atomic E-state index is 0.0997. The lowest BCUT2D eigenvalue weighted by atomic mass is 9.95. The van der Waals surface area contributed by atoms with E-state index in [0.29, 0.717) is 0 Å². The molecule has 0 aliphatic carbocycles. The Morgan fingerprint density at radius 3 is 2.95 bits per heavy atom. The summed E-state index contributed by atoms with van der Waals surface area (Å²) in [6, 6.07) is 8.19. The number of amides is 1. The lowest BCUT2D eigenvalue weighted by molar-refractivity contribution is -0.123. The highest BCUT2D eigenvalue weighted by molar-refractivity contribution is 5.82. The summed E-state index contributed by atoms with van der Waals surface area (Å²) in [6.07, 6.45) is 2.72. The third kappa shape index (κ3) is 4.04. The van der Waals surface area contributed by atoms with Gasteiger partial charge < -0.3 is 15.4 Å². The van der Waals surface area contributed by atoms with E-state index < -0.39 is 0 Å². The standard InChI is InChI=1S/C15H22N2O2/c1-19-9-5-4-8-16-15(18)14-10-12-6-2-3-7-13(12)11-17-14/h2-3,6-7,14,17H,4-5,8-11H2,1H3,(H,16,18)/t14-/m0/s1. The molecule has 0 bridgehead atoms. The average molecular weight is 262 g/mol. The monoisotopic (exact) mass is 262 g/mol. The molecule has 2 rings (SSSR count). The van der Waals surface area contributed by atoms with Gasteiger partial charge in [0.25, 0.3) is 0 Å². The largest absolute Gasteiger partial charge is 0.385 e. The van der Waals surface area contributed by atoms with Gasteiger partial charge in [0, 0.05) is 26.8 Å². The van der Waals surface area contributed by atoms with Crippen LogP contribution in [0.25, 0.3) is 0 Å². The van der Waals surface area contributed by atoms with Crippen LogP contribution in [0.2, 0.25) is 0 Å². The number of benzene rings is 1. The van der Waals surface area contributed by atoms with E-state index in [4.69, 9.17) is 4.74 Å². The first-order valence-electron chi connectivity index (χ1n) is 6.88. The van der Waals surface area contributed by atoms with Crippen molar-refractivity contribution in [3.05, 3.63) is 35.4 Å². The molecule has 1 aliphatic rings. The Bertz CT molecular complexity index is 420. The van der Waals surface area contributed by atoms with Crippen LogP contribution in [0.15, 0.2) is 24.3 Å². The molecule has 4 heteroatoms. The summed E-state index contributed by atoms with van der Waals surface area (Å²) in [4.78, 5) is 12.0. The van der Waals surface area contributed by atoms with Crippen molar-refractivity contribution in [1.29, 1.82) is 0 Å². The van der Waals surface area contributed by atoms with Gasteiger partial charge in [0.15, 0.2) is 0 Å². The number of fused-ring (bicyclic) bond motifs is 1. The van der Waals surface area contributed by atoms with Crippen molar-refractivity contribution in [1.82, 2.24) is 10.6 Å². The lowest BCUT2D eigenvalue weighted by Crippen LogP contribution is -2.47. The number of unbranched alkanes of at least 4 members (excludes halogenated alkanes) is 1. The molecule has 1 heterocycles. The van der Waals surface area contributed by atoms with Crippen LogP contribution in [-0.4, -0.2) is 32.2 Å². The van der Waals surface area contributed by atoms with Crippen LogP contribution in [0.3, 0.4) is 0 Å². The molecule has 0 fully saturated rings. The van der Waals surface area contributed by atoms with Crippen LogP contribution in [0.1, 0.15) is 24.0 Å². The average Bonchev–Trinajstić information content (AvgIpc) is 2.46. The van der Waals surface area contributed by atoms with Gasteiger partial charge in [0.1, 0.15) is 0 Å². The van der Waals surface area contributed by atoms with Crippen LogP contribution < -0.4 is 10.6 Å². The van der Waals surface area contributed by atoms with E-state index in [0.717, 1.165) is 39.0 Å². The minimum Gasteiger partial charge on any atom is -0.385 e. The third-order valence-corrected chi connectivity index (χ3v) is 3.47. The van der Waals surface area contributed by atoms with Crippen molar-refractivity contribution in [3.8, 4) is 0 Å². The predicted molar refractivity (Wildman–Crippen MR) is 74.9 cm³/mol. The van der Waals surface area contributed by atoms with Gasteiger partial charge in [-0.1, -0.05) is 24.3 Å². The summed E-state index contributed by atoms with van der Waals surface area (Å²) < 4.78 is 4.98. The second kappa shape index (κ2) is 7.26. The first-order valence-corrected chi connectivity index (χ1v) is 6.88. The zero-order valence-corrected chi connectivity index (χ0v) is 11.4. The second-order valence-corrected chi connectivity index (χ2v) is 4.90. The number of rotatable bonds is 6. The number of hydrogen-bond acceptors (Lipinski definition) is 3. The van der Waals surface area contributed by atoms with Crippen LogP contribution in [0, 0.1) is 0 Å². The molecule has 19 heavy (non-hydrogen) atoms. The number of carbonyl (C=O) groups excluding carboxylic acids is 1. The van der Waals surface area contributed by atoms with Crippen LogP contribution >= 0.6 is 0 Å². The second-order valence-electron chi connectivity index (χ2n) is 4.90. The molecule has 0 aromatic heterocycles. The minimum atomic E-state index is -0.0997. The van der Waals surface area contributed by atoms with Crippen LogP contribution in [0.5, 0.6) is 0 Å². The third-order valence-electron chi connectivity index (χ3n) is 3.47. The lowest BCUT2D eigenvalue weighted by Gasteiger charge is -2.25. The quantitative estimate of drug-likeness (QED) is 0.759. The first-order chi connectivity index (χ1) is 9.31. The highest BCUT2D eigenvalue weighted by Crippen LogP contribution is 2.16. The van der Waals surface area contributed by atoms with Gasteiger partial charge in [0.2, 0.25) is 5.91 Å². The number of ether oxygens (including phenoxy) is 1. The van der Waals surface area contributed by atoms with Crippen LogP contribution in [0.4, 0.5) is 0 Å². The predicted octanol–water partition coefficient (Wildman–Crippen LogP) is 1.24. The first kappa shape index (κ1) is 14.0. The van der Waals surface area contributed by atoms with Crippen molar-refractivity contribution in [2.75, 3.05) is 20.3 Å². The van der Waals surface area contributed by atoms with Gasteiger partial charge in [-0.05, 0) is 30.4 Å². The van der Waals surface area contributed by atoms with Crippen molar-refractivity contribution < 1.29 is 9.53 Å². The Morgan fingerprint density at radius 2 is 2.16 bits per heavy atom. The van der Waals surface area contributed by atoms with E-state index >= 15 is 0 Å². The number of nitrogens with one attached hydrogen (secondary N) is 2. The maximum Gasteiger partial charge on any atom is 0.237 e. The maximum atomic E-state index is 12.0. The smallest absolute Gasteiger partial charge is 0.237 e.